The highest BCUT2D eigenvalue weighted by molar-refractivity contribution is 7.18. The smallest absolute Gasteiger partial charge is 0.261 e. The van der Waals surface area contributed by atoms with Crippen LogP contribution in [0, 0.1) is 17.8 Å². The Balaban J connectivity index is 1.58. The summed E-state index contributed by atoms with van der Waals surface area (Å²) in [7, 11) is 0. The molecule has 1 aromatic rings. The number of fused-ring (bicyclic) bond motifs is 2. The van der Waals surface area contributed by atoms with Gasteiger partial charge in [0, 0.05) is 13.0 Å². The number of hydrogen-bond acceptors (Lipinski definition) is 3. The Morgan fingerprint density at radius 1 is 1.29 bits per heavy atom. The van der Waals surface area contributed by atoms with Crippen molar-refractivity contribution in [1.29, 1.82) is 0 Å². The first-order valence-corrected chi connectivity index (χ1v) is 8.53. The number of thiophene rings is 1. The summed E-state index contributed by atoms with van der Waals surface area (Å²) in [4.78, 5) is 24.0. The second-order valence-electron chi connectivity index (χ2n) is 6.45. The molecule has 2 aliphatic carbocycles. The third kappa shape index (κ3) is 3.12. The van der Waals surface area contributed by atoms with Gasteiger partial charge in [0.05, 0.1) is 9.88 Å². The van der Waals surface area contributed by atoms with E-state index in [4.69, 9.17) is 0 Å². The molecular formula is C16H22N2O2S. The van der Waals surface area contributed by atoms with E-state index in [9.17, 15) is 9.59 Å². The summed E-state index contributed by atoms with van der Waals surface area (Å²) in [6.07, 6.45) is 5.35. The molecule has 2 N–H and O–H groups in total. The summed E-state index contributed by atoms with van der Waals surface area (Å²) in [6, 6.07) is 3.79. The second kappa shape index (κ2) is 5.79. The summed E-state index contributed by atoms with van der Waals surface area (Å²) in [5, 5.41) is 6.58. The molecule has 2 fully saturated rings. The molecule has 2 bridgehead atoms. The Morgan fingerprint density at radius 3 is 2.71 bits per heavy atom. The quantitative estimate of drug-likeness (QED) is 0.897. The molecular weight excluding hydrogens is 284 g/mol. The molecule has 2 amide bonds. The van der Waals surface area contributed by atoms with E-state index in [-0.39, 0.29) is 17.9 Å². The van der Waals surface area contributed by atoms with Gasteiger partial charge in [0.1, 0.15) is 0 Å². The van der Waals surface area contributed by atoms with E-state index >= 15 is 0 Å². The van der Waals surface area contributed by atoms with Crippen molar-refractivity contribution in [2.24, 2.45) is 17.8 Å². The summed E-state index contributed by atoms with van der Waals surface area (Å²) < 4.78 is 0. The van der Waals surface area contributed by atoms with E-state index < -0.39 is 0 Å². The van der Waals surface area contributed by atoms with Gasteiger partial charge in [-0.1, -0.05) is 6.42 Å². The summed E-state index contributed by atoms with van der Waals surface area (Å²) in [5.74, 6) is 2.21. The number of carbonyl (C=O) groups is 2. The number of nitrogens with one attached hydrogen (secondary N) is 2. The fourth-order valence-electron chi connectivity index (χ4n) is 3.99. The van der Waals surface area contributed by atoms with Gasteiger partial charge < -0.3 is 10.6 Å². The molecule has 0 aliphatic heterocycles. The zero-order chi connectivity index (χ0) is 15.0. The summed E-state index contributed by atoms with van der Waals surface area (Å²) in [6.45, 7) is 3.60. The molecule has 114 valence electrons. The van der Waals surface area contributed by atoms with Gasteiger partial charge in [-0.05, 0) is 56.1 Å². The Kier molecular flexibility index (Phi) is 4.02. The zero-order valence-corrected chi connectivity index (χ0v) is 13.3. The third-order valence-corrected chi connectivity index (χ3v) is 5.92. The second-order valence-corrected chi connectivity index (χ2v) is 7.53. The van der Waals surface area contributed by atoms with E-state index in [1.165, 1.54) is 43.9 Å². The topological polar surface area (TPSA) is 58.2 Å². The van der Waals surface area contributed by atoms with Crippen LogP contribution in [0.3, 0.4) is 0 Å². The third-order valence-electron chi connectivity index (χ3n) is 4.92. The zero-order valence-electron chi connectivity index (χ0n) is 12.5. The van der Waals surface area contributed by atoms with Crippen LogP contribution in [-0.4, -0.2) is 17.9 Å². The molecule has 0 saturated heterocycles. The van der Waals surface area contributed by atoms with Crippen LogP contribution in [0.15, 0.2) is 12.1 Å². The molecule has 3 rings (SSSR count). The van der Waals surface area contributed by atoms with E-state index in [0.717, 1.165) is 16.8 Å². The van der Waals surface area contributed by atoms with Gasteiger partial charge in [-0.2, -0.15) is 0 Å². The van der Waals surface area contributed by atoms with Crippen molar-refractivity contribution in [3.05, 3.63) is 17.0 Å². The van der Waals surface area contributed by atoms with E-state index in [2.05, 4.69) is 17.6 Å². The molecule has 1 heterocycles. The first-order chi connectivity index (χ1) is 10.0. The van der Waals surface area contributed by atoms with Crippen LogP contribution >= 0.6 is 11.3 Å². The lowest BCUT2D eigenvalue weighted by Gasteiger charge is -2.28. The standard InChI is InChI=1S/C16H22N2O2S/c1-9(13-8-11-3-4-12(13)7-11)17-16(20)14-5-6-15(21-14)18-10(2)19/h5-6,9,11-13H,3-4,7-8H2,1-2H3,(H,17,20)(H,18,19)/t9-,11-,12-,13+/m0/s1. The van der Waals surface area contributed by atoms with Crippen molar-refractivity contribution < 1.29 is 9.59 Å². The van der Waals surface area contributed by atoms with Crippen LogP contribution in [0.1, 0.15) is 49.2 Å². The van der Waals surface area contributed by atoms with Crippen molar-refractivity contribution in [2.75, 3.05) is 5.32 Å². The molecule has 5 heteroatoms. The number of carbonyl (C=O) groups excluding carboxylic acids is 2. The highest BCUT2D eigenvalue weighted by Crippen LogP contribution is 2.49. The molecule has 0 unspecified atom stereocenters. The first-order valence-electron chi connectivity index (χ1n) is 7.71. The van der Waals surface area contributed by atoms with Gasteiger partial charge in [-0.3, -0.25) is 9.59 Å². The minimum atomic E-state index is -0.112. The summed E-state index contributed by atoms with van der Waals surface area (Å²) in [5.41, 5.74) is 0. The van der Waals surface area contributed by atoms with Crippen molar-refractivity contribution in [3.8, 4) is 0 Å². The predicted octanol–water partition coefficient (Wildman–Crippen LogP) is 3.26. The first kappa shape index (κ1) is 14.6. The van der Waals surface area contributed by atoms with Gasteiger partial charge in [0.25, 0.3) is 5.91 Å². The SMILES string of the molecule is CC(=O)Nc1ccc(C(=O)N[C@@H](C)[C@H]2C[C@H]3CC[C@H]2C3)s1. The van der Waals surface area contributed by atoms with E-state index in [1.54, 1.807) is 12.1 Å². The monoisotopic (exact) mass is 306 g/mol. The van der Waals surface area contributed by atoms with Gasteiger partial charge in [-0.15, -0.1) is 11.3 Å². The van der Waals surface area contributed by atoms with Crippen molar-refractivity contribution in [2.45, 2.75) is 45.6 Å². The molecule has 2 aliphatic rings. The lowest BCUT2D eigenvalue weighted by Crippen LogP contribution is -2.39. The fraction of sp³-hybridized carbons (Fsp3) is 0.625. The molecule has 2 saturated carbocycles. The molecule has 0 spiro atoms. The number of anilines is 1. The van der Waals surface area contributed by atoms with Crippen molar-refractivity contribution >= 4 is 28.2 Å². The summed E-state index contributed by atoms with van der Waals surface area (Å²) >= 11 is 1.33. The normalized spacial score (nSPS) is 28.4. The Bertz CT molecular complexity index is 554. The molecule has 21 heavy (non-hydrogen) atoms. The fourth-order valence-corrected chi connectivity index (χ4v) is 4.85. The van der Waals surface area contributed by atoms with Crippen LogP contribution in [0.2, 0.25) is 0 Å². The largest absolute Gasteiger partial charge is 0.349 e. The maximum Gasteiger partial charge on any atom is 0.261 e. The minimum absolute atomic E-state index is 0.0214. The predicted molar refractivity (Wildman–Crippen MR) is 84.5 cm³/mol. The molecule has 1 aromatic heterocycles. The lowest BCUT2D eigenvalue weighted by atomic mass is 9.84. The highest BCUT2D eigenvalue weighted by Gasteiger charge is 2.42. The van der Waals surface area contributed by atoms with Crippen LogP contribution in [0.4, 0.5) is 5.00 Å². The number of amides is 2. The Morgan fingerprint density at radius 2 is 2.10 bits per heavy atom. The Hall–Kier alpha value is -1.36. The lowest BCUT2D eigenvalue weighted by molar-refractivity contribution is -0.114. The maximum atomic E-state index is 12.3. The maximum absolute atomic E-state index is 12.3. The van der Waals surface area contributed by atoms with Crippen LogP contribution in [0.5, 0.6) is 0 Å². The molecule has 0 aromatic carbocycles. The van der Waals surface area contributed by atoms with Gasteiger partial charge >= 0.3 is 0 Å². The van der Waals surface area contributed by atoms with Crippen molar-refractivity contribution in [1.82, 2.24) is 5.32 Å². The number of rotatable bonds is 4. The van der Waals surface area contributed by atoms with Gasteiger partial charge in [0.15, 0.2) is 0 Å². The number of hydrogen-bond donors (Lipinski definition) is 2. The molecule has 0 radical (unpaired) electrons. The van der Waals surface area contributed by atoms with E-state index in [0.29, 0.717) is 10.8 Å². The minimum Gasteiger partial charge on any atom is -0.349 e. The van der Waals surface area contributed by atoms with Gasteiger partial charge in [0.2, 0.25) is 5.91 Å². The van der Waals surface area contributed by atoms with E-state index in [1.807, 2.05) is 0 Å². The average molecular weight is 306 g/mol. The van der Waals surface area contributed by atoms with Crippen LogP contribution in [0.25, 0.3) is 0 Å². The highest BCUT2D eigenvalue weighted by atomic mass is 32.1. The Labute approximate surface area is 129 Å². The average Bonchev–Trinajstić information content (AvgIpc) is 3.12. The van der Waals surface area contributed by atoms with Crippen LogP contribution < -0.4 is 10.6 Å². The molecule has 4 nitrogen and oxygen atoms in total. The van der Waals surface area contributed by atoms with Gasteiger partial charge in [-0.25, -0.2) is 0 Å². The molecule has 4 atom stereocenters. The van der Waals surface area contributed by atoms with Crippen molar-refractivity contribution in [3.63, 3.8) is 0 Å². The van der Waals surface area contributed by atoms with Crippen LogP contribution in [-0.2, 0) is 4.79 Å².